The molecule has 4 nitrogen and oxygen atoms in total. The predicted molar refractivity (Wildman–Crippen MR) is 78.4 cm³/mol. The van der Waals surface area contributed by atoms with Crippen molar-refractivity contribution in [2.75, 3.05) is 20.3 Å². The van der Waals surface area contributed by atoms with Crippen LogP contribution in [0.1, 0.15) is 36.0 Å². The Morgan fingerprint density at radius 2 is 2.25 bits per heavy atom. The monoisotopic (exact) mass is 297 g/mol. The van der Waals surface area contributed by atoms with Gasteiger partial charge < -0.3 is 14.7 Å². The van der Waals surface area contributed by atoms with E-state index in [-0.39, 0.29) is 18.6 Å². The van der Waals surface area contributed by atoms with Gasteiger partial charge in [-0.25, -0.2) is 0 Å². The van der Waals surface area contributed by atoms with Crippen molar-refractivity contribution in [3.05, 3.63) is 28.8 Å². The molecule has 0 saturated heterocycles. The van der Waals surface area contributed by atoms with Gasteiger partial charge in [-0.2, -0.15) is 0 Å². The van der Waals surface area contributed by atoms with Crippen LogP contribution < -0.4 is 4.74 Å². The molecule has 1 aromatic rings. The van der Waals surface area contributed by atoms with Gasteiger partial charge in [-0.15, -0.1) is 0 Å². The van der Waals surface area contributed by atoms with Gasteiger partial charge in [-0.05, 0) is 43.9 Å². The van der Waals surface area contributed by atoms with Crippen molar-refractivity contribution in [3.63, 3.8) is 0 Å². The third-order valence-corrected chi connectivity index (χ3v) is 3.96. The topological polar surface area (TPSA) is 49.8 Å². The van der Waals surface area contributed by atoms with Crippen LogP contribution in [0.2, 0.25) is 5.02 Å². The number of methoxy groups -OCH3 is 1. The van der Waals surface area contributed by atoms with Crippen molar-refractivity contribution in [2.45, 2.75) is 31.7 Å². The maximum absolute atomic E-state index is 12.7. The number of hydrogen-bond donors (Lipinski definition) is 1. The minimum Gasteiger partial charge on any atom is -0.496 e. The molecular weight excluding hydrogens is 278 g/mol. The number of aliphatic hydroxyl groups is 1. The van der Waals surface area contributed by atoms with Crippen molar-refractivity contribution in [3.8, 4) is 5.75 Å². The lowest BCUT2D eigenvalue weighted by atomic mass is 9.90. The van der Waals surface area contributed by atoms with Crippen LogP contribution in [-0.2, 0) is 0 Å². The molecule has 0 unspecified atom stereocenters. The summed E-state index contributed by atoms with van der Waals surface area (Å²) in [6.07, 6.45) is 3.80. The summed E-state index contributed by atoms with van der Waals surface area (Å²) < 4.78 is 5.25. The van der Waals surface area contributed by atoms with Crippen molar-refractivity contribution in [1.29, 1.82) is 0 Å². The van der Waals surface area contributed by atoms with Crippen LogP contribution in [0.3, 0.4) is 0 Å². The summed E-state index contributed by atoms with van der Waals surface area (Å²) in [6, 6.07) is 5.34. The molecule has 5 heteroatoms. The number of halogens is 1. The fourth-order valence-electron chi connectivity index (χ4n) is 2.39. The zero-order chi connectivity index (χ0) is 14.5. The van der Waals surface area contributed by atoms with Gasteiger partial charge in [0, 0.05) is 24.2 Å². The average molecular weight is 298 g/mol. The third-order valence-electron chi connectivity index (χ3n) is 3.73. The van der Waals surface area contributed by atoms with Crippen LogP contribution in [0.5, 0.6) is 5.75 Å². The number of amides is 1. The molecule has 1 aliphatic rings. The Kier molecular flexibility index (Phi) is 5.26. The molecule has 0 spiro atoms. The Hall–Kier alpha value is -1.26. The van der Waals surface area contributed by atoms with Crippen LogP contribution >= 0.6 is 11.6 Å². The lowest BCUT2D eigenvalue weighted by Crippen LogP contribution is -2.45. The van der Waals surface area contributed by atoms with E-state index in [9.17, 15) is 4.79 Å². The lowest BCUT2D eigenvalue weighted by molar-refractivity contribution is 0.0559. The lowest BCUT2D eigenvalue weighted by Gasteiger charge is -2.37. The highest BCUT2D eigenvalue weighted by atomic mass is 35.5. The second kappa shape index (κ2) is 6.95. The third kappa shape index (κ3) is 3.25. The van der Waals surface area contributed by atoms with E-state index in [1.165, 1.54) is 0 Å². The van der Waals surface area contributed by atoms with Crippen LogP contribution in [0.15, 0.2) is 18.2 Å². The number of nitrogens with zero attached hydrogens (tertiary/aromatic N) is 1. The molecular formula is C15H20ClNO3. The number of carbonyl (C=O) groups is 1. The van der Waals surface area contributed by atoms with Crippen molar-refractivity contribution in [1.82, 2.24) is 4.90 Å². The number of aliphatic hydroxyl groups excluding tert-OH is 1. The molecule has 1 amide bonds. The number of rotatable bonds is 6. The zero-order valence-electron chi connectivity index (χ0n) is 11.6. The molecule has 0 radical (unpaired) electrons. The second-order valence-corrected chi connectivity index (χ2v) is 5.44. The van der Waals surface area contributed by atoms with Crippen molar-refractivity contribution in [2.24, 2.45) is 0 Å². The smallest absolute Gasteiger partial charge is 0.257 e. The highest BCUT2D eigenvalue weighted by Gasteiger charge is 2.30. The SMILES string of the molecule is COc1ccc(Cl)cc1C(=O)N(CCCO)C1CCC1. The van der Waals surface area contributed by atoms with Crippen LogP contribution in [-0.4, -0.2) is 42.2 Å². The Morgan fingerprint density at radius 1 is 1.50 bits per heavy atom. The summed E-state index contributed by atoms with van der Waals surface area (Å²) in [6.45, 7) is 0.652. The van der Waals surface area contributed by atoms with E-state index >= 15 is 0 Å². The first kappa shape index (κ1) is 15.1. The molecule has 1 N–H and O–H groups in total. The fraction of sp³-hybridized carbons (Fsp3) is 0.533. The molecule has 20 heavy (non-hydrogen) atoms. The van der Waals surface area contributed by atoms with E-state index in [0.717, 1.165) is 19.3 Å². The Labute approximate surface area is 124 Å². The first-order chi connectivity index (χ1) is 9.67. The molecule has 0 atom stereocenters. The standard InChI is InChI=1S/C15H20ClNO3/c1-20-14-7-6-11(16)10-13(14)15(19)17(8-3-9-18)12-4-2-5-12/h6-7,10,12,18H,2-5,8-9H2,1H3. The molecule has 1 fully saturated rings. The summed E-state index contributed by atoms with van der Waals surface area (Å²) >= 11 is 5.99. The minimum atomic E-state index is -0.0671. The maximum atomic E-state index is 12.7. The highest BCUT2D eigenvalue weighted by molar-refractivity contribution is 6.31. The molecule has 0 aliphatic heterocycles. The largest absolute Gasteiger partial charge is 0.496 e. The summed E-state index contributed by atoms with van der Waals surface area (Å²) in [5.41, 5.74) is 0.491. The van der Waals surface area contributed by atoms with E-state index in [0.29, 0.717) is 29.3 Å². The van der Waals surface area contributed by atoms with Gasteiger partial charge in [-0.3, -0.25) is 4.79 Å². The van der Waals surface area contributed by atoms with Gasteiger partial charge in [0.2, 0.25) is 0 Å². The fourth-order valence-corrected chi connectivity index (χ4v) is 2.56. The van der Waals surface area contributed by atoms with Gasteiger partial charge in [0.25, 0.3) is 5.91 Å². The molecule has 1 aromatic carbocycles. The quantitative estimate of drug-likeness (QED) is 0.878. The number of hydrogen-bond acceptors (Lipinski definition) is 3. The molecule has 0 aromatic heterocycles. The average Bonchev–Trinajstić information content (AvgIpc) is 2.40. The predicted octanol–water partition coefficient (Wildman–Crippen LogP) is 2.73. The summed E-state index contributed by atoms with van der Waals surface area (Å²) in [4.78, 5) is 14.6. The van der Waals surface area contributed by atoms with Gasteiger partial charge >= 0.3 is 0 Å². The normalized spacial score (nSPS) is 14.8. The first-order valence-corrected chi connectivity index (χ1v) is 7.30. The van der Waals surface area contributed by atoms with Gasteiger partial charge in [0.05, 0.1) is 12.7 Å². The molecule has 1 aliphatic carbocycles. The Bertz CT molecular complexity index is 474. The highest BCUT2D eigenvalue weighted by Crippen LogP contribution is 2.30. The zero-order valence-corrected chi connectivity index (χ0v) is 12.4. The first-order valence-electron chi connectivity index (χ1n) is 6.92. The summed E-state index contributed by atoms with van der Waals surface area (Å²) in [7, 11) is 1.54. The maximum Gasteiger partial charge on any atom is 0.257 e. The van der Waals surface area contributed by atoms with E-state index in [1.54, 1.807) is 25.3 Å². The number of benzene rings is 1. The van der Waals surface area contributed by atoms with E-state index < -0.39 is 0 Å². The molecule has 2 rings (SSSR count). The molecule has 110 valence electrons. The number of carbonyl (C=O) groups excluding carboxylic acids is 1. The molecule has 0 heterocycles. The Balaban J connectivity index is 2.23. The summed E-state index contributed by atoms with van der Waals surface area (Å²) in [5, 5.41) is 9.52. The molecule has 1 saturated carbocycles. The Morgan fingerprint density at radius 3 is 2.80 bits per heavy atom. The second-order valence-electron chi connectivity index (χ2n) is 5.01. The van der Waals surface area contributed by atoms with Gasteiger partial charge in [0.15, 0.2) is 0 Å². The van der Waals surface area contributed by atoms with Crippen LogP contribution in [0, 0.1) is 0 Å². The van der Waals surface area contributed by atoms with Gasteiger partial charge in [-0.1, -0.05) is 11.6 Å². The molecule has 0 bridgehead atoms. The van der Waals surface area contributed by atoms with Crippen molar-refractivity contribution < 1.29 is 14.6 Å². The van der Waals surface area contributed by atoms with Crippen LogP contribution in [0.25, 0.3) is 0 Å². The van der Waals surface area contributed by atoms with E-state index in [2.05, 4.69) is 0 Å². The van der Waals surface area contributed by atoms with Crippen LogP contribution in [0.4, 0.5) is 0 Å². The van der Waals surface area contributed by atoms with Gasteiger partial charge in [0.1, 0.15) is 5.75 Å². The van der Waals surface area contributed by atoms with Crippen molar-refractivity contribution >= 4 is 17.5 Å². The number of ether oxygens (including phenoxy) is 1. The van der Waals surface area contributed by atoms with E-state index in [1.807, 2.05) is 4.90 Å². The minimum absolute atomic E-state index is 0.0671. The summed E-state index contributed by atoms with van der Waals surface area (Å²) in [5.74, 6) is 0.468. The van der Waals surface area contributed by atoms with E-state index in [4.69, 9.17) is 21.4 Å².